The van der Waals surface area contributed by atoms with E-state index in [0.29, 0.717) is 0 Å². The molecule has 5 aromatic carbocycles. The van der Waals surface area contributed by atoms with Gasteiger partial charge in [0, 0.05) is 32.8 Å². The van der Waals surface area contributed by atoms with Gasteiger partial charge in [-0.3, -0.25) is 0 Å². The fourth-order valence-electron chi connectivity index (χ4n) is 7.55. The molecule has 0 fully saturated rings. The van der Waals surface area contributed by atoms with Crippen molar-refractivity contribution >= 4 is 43.6 Å². The normalized spacial score (nSPS) is 13.4. The lowest BCUT2D eigenvalue weighted by Crippen LogP contribution is -2.19. The van der Waals surface area contributed by atoms with Gasteiger partial charge in [0.25, 0.3) is 0 Å². The van der Waals surface area contributed by atoms with Crippen LogP contribution in [0.5, 0.6) is 0 Å². The van der Waals surface area contributed by atoms with Crippen LogP contribution in [0, 0.1) is 0 Å². The van der Waals surface area contributed by atoms with Crippen molar-refractivity contribution in [3.63, 3.8) is 0 Å². The molecule has 2 heteroatoms. The van der Waals surface area contributed by atoms with Crippen LogP contribution in [0.1, 0.15) is 105 Å². The predicted molar refractivity (Wildman–Crippen MR) is 210 cm³/mol. The molecule has 2 heterocycles. The molecule has 48 heavy (non-hydrogen) atoms. The Hall–Kier alpha value is -4.30. The SMILES string of the molecule is CC(C)(C)c1cc(-n2c3ccccc3c3ccc(-n4c5ccccc5c5cc(C(C)(C)C)ccc54)c(C(C)(C)C)c32)cc(C(C)(C)C)c1. The number of hydrogen-bond acceptors (Lipinski definition) is 0. The Labute approximate surface area is 287 Å². The minimum absolute atomic E-state index is 0.0155. The molecular weight excluding hydrogens is 581 g/mol. The summed E-state index contributed by atoms with van der Waals surface area (Å²) in [6.45, 7) is 28.0. The third-order valence-corrected chi connectivity index (χ3v) is 10.3. The van der Waals surface area contributed by atoms with Crippen molar-refractivity contribution < 1.29 is 0 Å². The van der Waals surface area contributed by atoms with Crippen LogP contribution in [0.25, 0.3) is 55.0 Å². The first kappa shape index (κ1) is 32.3. The third-order valence-electron chi connectivity index (χ3n) is 10.3. The summed E-state index contributed by atoms with van der Waals surface area (Å²) < 4.78 is 5.11. The summed E-state index contributed by atoms with van der Waals surface area (Å²) in [4.78, 5) is 0. The summed E-state index contributed by atoms with van der Waals surface area (Å²) in [6.07, 6.45) is 0. The van der Waals surface area contributed by atoms with Crippen LogP contribution in [0.2, 0.25) is 0 Å². The van der Waals surface area contributed by atoms with Gasteiger partial charge in [-0.25, -0.2) is 0 Å². The second kappa shape index (κ2) is 10.6. The van der Waals surface area contributed by atoms with E-state index in [2.05, 4.69) is 189 Å². The first-order valence-corrected chi connectivity index (χ1v) is 17.6. The Morgan fingerprint density at radius 2 is 0.875 bits per heavy atom. The highest BCUT2D eigenvalue weighted by atomic mass is 15.0. The summed E-state index contributed by atoms with van der Waals surface area (Å²) in [5.74, 6) is 0. The second-order valence-electron chi connectivity index (χ2n) is 18.1. The van der Waals surface area contributed by atoms with Gasteiger partial charge in [-0.1, -0.05) is 138 Å². The molecule has 0 aliphatic carbocycles. The van der Waals surface area contributed by atoms with Gasteiger partial charge in [-0.05, 0) is 80.8 Å². The molecule has 0 saturated heterocycles. The zero-order chi connectivity index (χ0) is 34.6. The molecule has 0 amide bonds. The Morgan fingerprint density at radius 3 is 1.42 bits per heavy atom. The summed E-state index contributed by atoms with van der Waals surface area (Å²) >= 11 is 0. The highest BCUT2D eigenvalue weighted by Crippen LogP contribution is 2.45. The average Bonchev–Trinajstić information content (AvgIpc) is 3.51. The highest BCUT2D eigenvalue weighted by molar-refractivity contribution is 6.13. The lowest BCUT2D eigenvalue weighted by Gasteiger charge is -2.29. The zero-order valence-electron chi connectivity index (χ0n) is 31.1. The molecule has 0 unspecified atom stereocenters. The van der Waals surface area contributed by atoms with E-state index < -0.39 is 0 Å². The number of fused-ring (bicyclic) bond motifs is 6. The van der Waals surface area contributed by atoms with E-state index >= 15 is 0 Å². The topological polar surface area (TPSA) is 9.86 Å². The first-order valence-electron chi connectivity index (χ1n) is 17.6. The van der Waals surface area contributed by atoms with Crippen molar-refractivity contribution in [1.82, 2.24) is 9.13 Å². The molecule has 2 aromatic heterocycles. The maximum Gasteiger partial charge on any atom is 0.0599 e. The van der Waals surface area contributed by atoms with E-state index in [1.54, 1.807) is 0 Å². The van der Waals surface area contributed by atoms with Crippen LogP contribution in [0.4, 0.5) is 0 Å². The number of hydrogen-bond donors (Lipinski definition) is 0. The first-order chi connectivity index (χ1) is 22.4. The fraction of sp³-hybridized carbons (Fsp3) is 0.348. The van der Waals surface area contributed by atoms with Crippen LogP contribution in [0.3, 0.4) is 0 Å². The van der Waals surface area contributed by atoms with Crippen molar-refractivity contribution in [3.05, 3.63) is 119 Å². The summed E-state index contributed by atoms with van der Waals surface area (Å²) in [6, 6.07) is 37.1. The Balaban J connectivity index is 1.67. The minimum Gasteiger partial charge on any atom is -0.309 e. The van der Waals surface area contributed by atoms with Gasteiger partial charge in [0.2, 0.25) is 0 Å². The molecule has 0 aliphatic heterocycles. The molecule has 0 bridgehead atoms. The molecule has 246 valence electrons. The molecule has 7 rings (SSSR count). The number of benzene rings is 5. The van der Waals surface area contributed by atoms with Gasteiger partial charge in [0.1, 0.15) is 0 Å². The number of aromatic nitrogens is 2. The predicted octanol–water partition coefficient (Wildman–Crippen LogP) is 13.1. The van der Waals surface area contributed by atoms with E-state index in [0.717, 1.165) is 0 Å². The van der Waals surface area contributed by atoms with Crippen LogP contribution in [0.15, 0.2) is 97.1 Å². The Kier molecular flexibility index (Phi) is 7.12. The molecular formula is C46H52N2. The molecule has 7 aromatic rings. The molecule has 0 saturated carbocycles. The van der Waals surface area contributed by atoms with Crippen molar-refractivity contribution in [3.8, 4) is 11.4 Å². The van der Waals surface area contributed by atoms with Gasteiger partial charge in [0.05, 0.1) is 27.8 Å². The molecule has 0 N–H and O–H groups in total. The third kappa shape index (κ3) is 5.16. The monoisotopic (exact) mass is 632 g/mol. The molecule has 0 aliphatic rings. The van der Waals surface area contributed by atoms with Crippen LogP contribution in [-0.4, -0.2) is 9.13 Å². The van der Waals surface area contributed by atoms with Crippen LogP contribution in [-0.2, 0) is 21.7 Å². The number of rotatable bonds is 2. The lowest BCUT2D eigenvalue weighted by atomic mass is 9.80. The summed E-state index contributed by atoms with van der Waals surface area (Å²) in [5.41, 5.74) is 12.9. The van der Waals surface area contributed by atoms with Gasteiger partial charge < -0.3 is 9.13 Å². The second-order valence-corrected chi connectivity index (χ2v) is 18.1. The van der Waals surface area contributed by atoms with Gasteiger partial charge in [0.15, 0.2) is 0 Å². The lowest BCUT2D eigenvalue weighted by molar-refractivity contribution is 0.567. The van der Waals surface area contributed by atoms with Crippen molar-refractivity contribution in [1.29, 1.82) is 0 Å². The smallest absolute Gasteiger partial charge is 0.0599 e. The van der Waals surface area contributed by atoms with Crippen LogP contribution < -0.4 is 0 Å². The molecule has 0 atom stereocenters. The van der Waals surface area contributed by atoms with E-state index in [1.165, 1.54) is 77.2 Å². The Morgan fingerprint density at radius 1 is 0.375 bits per heavy atom. The van der Waals surface area contributed by atoms with Crippen molar-refractivity contribution in [2.75, 3.05) is 0 Å². The average molecular weight is 633 g/mol. The minimum atomic E-state index is -0.154. The van der Waals surface area contributed by atoms with Crippen LogP contribution >= 0.6 is 0 Å². The summed E-state index contributed by atoms with van der Waals surface area (Å²) in [7, 11) is 0. The zero-order valence-corrected chi connectivity index (χ0v) is 31.1. The number of para-hydroxylation sites is 2. The summed E-state index contributed by atoms with van der Waals surface area (Å²) in [5, 5.41) is 5.20. The van der Waals surface area contributed by atoms with E-state index in [1.807, 2.05) is 0 Å². The van der Waals surface area contributed by atoms with Crippen molar-refractivity contribution in [2.24, 2.45) is 0 Å². The molecule has 2 nitrogen and oxygen atoms in total. The maximum atomic E-state index is 2.57. The maximum absolute atomic E-state index is 2.57. The van der Waals surface area contributed by atoms with Gasteiger partial charge in [-0.15, -0.1) is 0 Å². The fourth-order valence-corrected chi connectivity index (χ4v) is 7.55. The highest BCUT2D eigenvalue weighted by Gasteiger charge is 2.30. The largest absolute Gasteiger partial charge is 0.309 e. The quantitative estimate of drug-likeness (QED) is 0.179. The molecule has 0 radical (unpaired) electrons. The number of nitrogens with zero attached hydrogens (tertiary/aromatic N) is 2. The molecule has 0 spiro atoms. The van der Waals surface area contributed by atoms with E-state index in [-0.39, 0.29) is 21.7 Å². The Bertz CT molecular complexity index is 2330. The van der Waals surface area contributed by atoms with Crippen molar-refractivity contribution in [2.45, 2.75) is 105 Å². The van der Waals surface area contributed by atoms with Gasteiger partial charge >= 0.3 is 0 Å². The van der Waals surface area contributed by atoms with Gasteiger partial charge in [-0.2, -0.15) is 0 Å². The standard InChI is InChI=1S/C46H52N2/c1-43(2,3)29-21-23-39-36(28-29)34-18-14-16-20-38(34)48(39)40-24-22-35-33-17-13-15-19-37(33)47(42(35)41(40)46(10,11)12)32-26-30(44(4,5)6)25-31(27-32)45(7,8)9/h13-28H,1-12H3. The van der Waals surface area contributed by atoms with E-state index in [4.69, 9.17) is 0 Å². The van der Waals surface area contributed by atoms with E-state index in [9.17, 15) is 0 Å².